The fourth-order valence-corrected chi connectivity index (χ4v) is 13.9. The minimum Gasteiger partial charge on any atom is -0.835 e. The number of aldehydes is 1. The predicted octanol–water partition coefficient (Wildman–Crippen LogP) is 7.84. The van der Waals surface area contributed by atoms with Crippen molar-refractivity contribution in [2.75, 3.05) is 46.1 Å². The van der Waals surface area contributed by atoms with E-state index in [9.17, 15) is 114 Å². The van der Waals surface area contributed by atoms with Crippen molar-refractivity contribution in [1.29, 1.82) is 0 Å². The van der Waals surface area contributed by atoms with Crippen LogP contribution >= 0.6 is 12.4 Å². The number of nitro benzene ring substituents is 3. The third-order valence-corrected chi connectivity index (χ3v) is 20.3. The number of Topliss-reactive ketones (excluding diaryl/α,β-unsaturated/α-hetero) is 3. The summed E-state index contributed by atoms with van der Waals surface area (Å²) in [5.74, 6) is -11.3. The predicted molar refractivity (Wildman–Crippen MR) is 457 cm³/mol. The summed E-state index contributed by atoms with van der Waals surface area (Å²) in [6.45, 7) is -0.162. The molecule has 5 atom stereocenters. The van der Waals surface area contributed by atoms with Gasteiger partial charge in [-0.25, -0.2) is 88.7 Å². The maximum absolute atomic E-state index is 14.2. The molecule has 710 valence electrons. The number of carbonyl (C=O) groups is 9. The molecule has 17 rings (SSSR count). The van der Waals surface area contributed by atoms with Gasteiger partial charge < -0.3 is 44.3 Å². The van der Waals surface area contributed by atoms with Crippen LogP contribution in [0.25, 0.3) is 11.8 Å². The van der Waals surface area contributed by atoms with Gasteiger partial charge in [-0.05, 0) is 122 Å². The van der Waals surface area contributed by atoms with Crippen LogP contribution in [0.15, 0.2) is 165 Å². The minimum atomic E-state index is -1.05. The average Bonchev–Trinajstić information content (AvgIpc) is 0.769. The van der Waals surface area contributed by atoms with Crippen molar-refractivity contribution in [2.24, 2.45) is 35.2 Å². The second-order valence-corrected chi connectivity index (χ2v) is 29.0. The average molecular weight is 1930 g/mol. The topological polar surface area (TPSA) is 533 Å². The van der Waals surface area contributed by atoms with Crippen LogP contribution in [-0.4, -0.2) is 182 Å². The van der Waals surface area contributed by atoms with Gasteiger partial charge in [-0.1, -0.05) is 24.3 Å². The Labute approximate surface area is 789 Å². The number of ketones is 3. The van der Waals surface area contributed by atoms with Crippen LogP contribution in [0.5, 0.6) is 0 Å². The molecule has 3 unspecified atom stereocenters. The minimum absolute atomic E-state index is 0. The van der Waals surface area contributed by atoms with Crippen LogP contribution in [0.4, 0.5) is 63.6 Å². The summed E-state index contributed by atoms with van der Waals surface area (Å²) < 4.78 is 138. The largest absolute Gasteiger partial charge is 1.00 e. The molecule has 42 nitrogen and oxygen atoms in total. The van der Waals surface area contributed by atoms with E-state index in [1.165, 1.54) is 141 Å². The van der Waals surface area contributed by atoms with Gasteiger partial charge in [0.2, 0.25) is 0 Å². The van der Waals surface area contributed by atoms with E-state index < -0.39 is 161 Å². The van der Waals surface area contributed by atoms with Gasteiger partial charge in [-0.15, -0.1) is 12.4 Å². The van der Waals surface area contributed by atoms with E-state index >= 15 is 0 Å². The zero-order chi connectivity index (χ0) is 99.1. The normalized spacial score (nSPS) is 14.7. The van der Waals surface area contributed by atoms with E-state index in [0.29, 0.717) is 52.3 Å². The van der Waals surface area contributed by atoms with Crippen molar-refractivity contribution >= 4 is 106 Å². The van der Waals surface area contributed by atoms with Gasteiger partial charge in [0.1, 0.15) is 143 Å². The molecule has 4 aliphatic rings. The van der Waals surface area contributed by atoms with E-state index in [4.69, 9.17) is 14.2 Å². The first-order valence-electron chi connectivity index (χ1n) is 39.0. The fraction of sp³-hybridized carbons (Fsp3) is 0.198. The number of anilines is 2. The Morgan fingerprint density at radius 3 is 1.33 bits per heavy atom. The Hall–Kier alpha value is -16.7. The van der Waals surface area contributed by atoms with E-state index in [0.717, 1.165) is 75.9 Å². The summed E-state index contributed by atoms with van der Waals surface area (Å²) in [5, 5.41) is 69.7. The van der Waals surface area contributed by atoms with E-state index in [2.05, 4.69) is 70.5 Å². The number of fused-ring (bicyclic) bond motifs is 4. The van der Waals surface area contributed by atoms with Crippen molar-refractivity contribution in [2.45, 2.75) is 43.2 Å². The first-order valence-corrected chi connectivity index (χ1v) is 39.0. The summed E-state index contributed by atoms with van der Waals surface area (Å²) in [7, 11) is 14.9. The summed E-state index contributed by atoms with van der Waals surface area (Å²) in [4.78, 5) is 160. The molecule has 0 amide bonds. The second-order valence-electron chi connectivity index (χ2n) is 29.0. The number of esters is 5. The second kappa shape index (κ2) is 45.8. The van der Waals surface area contributed by atoms with Crippen molar-refractivity contribution < 1.29 is 141 Å². The third-order valence-electron chi connectivity index (χ3n) is 20.3. The fourth-order valence-electron chi connectivity index (χ4n) is 13.9. The molecule has 4 aliphatic heterocycles. The van der Waals surface area contributed by atoms with E-state index in [-0.39, 0.29) is 118 Å². The molecule has 0 aliphatic carbocycles. The van der Waals surface area contributed by atoms with Gasteiger partial charge >= 0.3 is 48.7 Å². The Balaban J connectivity index is 0.000000185. The third kappa shape index (κ3) is 23.9. The van der Waals surface area contributed by atoms with Crippen molar-refractivity contribution in [1.82, 2.24) is 78.7 Å². The molecule has 8 aromatic carbocycles. The van der Waals surface area contributed by atoms with E-state index in [1.54, 1.807) is 47.2 Å². The number of nitrogens with one attached hydrogen (secondary N) is 2. The first kappa shape index (κ1) is 105. The van der Waals surface area contributed by atoms with Crippen LogP contribution in [0.1, 0.15) is 175 Å². The quantitative estimate of drug-likeness (QED) is 0.0101. The van der Waals surface area contributed by atoms with Crippen LogP contribution in [0.2, 0.25) is 0 Å². The number of methoxy groups -OCH3 is 3. The molecule has 138 heavy (non-hydrogen) atoms. The van der Waals surface area contributed by atoms with Gasteiger partial charge in [0, 0.05) is 58.3 Å². The SMILES string of the molecule is CN(C)C([O-])c1ncnn1C.COC(=O)c1cc(F)cc([N+](=O)[O-])c1C(=O)Cc1ncnn1C.COC(=O)c1cc(F)cc2c1C(=O)C(c1ncnn1C)C(c1ccc(F)cc1)N2.COC(=O)c1cc(F)cc2c1C(=O)[C@H](c1ncnn1C)[C@@H](c1ccc(F)cc1)N2.Cl.Cn1ncnc1/C=C1\OC(=O)c2cc(F)cc([N+](=O)[O-])c21.O=C1OCc2c1cc(F)cc2[N+](=O)[O-].O=Cc1ccc(F)cc1.[Li+]. The Morgan fingerprint density at radius 1 is 0.500 bits per heavy atom. The zero-order valence-electron chi connectivity index (χ0n) is 73.5. The van der Waals surface area contributed by atoms with Gasteiger partial charge in [0.25, 0.3) is 17.1 Å². The molecule has 0 spiro atoms. The molecule has 0 bridgehead atoms. The number of carbonyl (C=O) groups excluding carboxylic acids is 9. The molecule has 0 fully saturated rings. The molecule has 9 heterocycles. The van der Waals surface area contributed by atoms with Gasteiger partial charge in [-0.2, -0.15) is 25.5 Å². The molecule has 0 radical (unpaired) electrons. The van der Waals surface area contributed by atoms with Gasteiger partial charge in [0.15, 0.2) is 23.2 Å². The first-order chi connectivity index (χ1) is 64.7. The number of hydrogen-bond acceptors (Lipinski definition) is 34. The number of halogens is 9. The number of nitrogens with zero attached hydrogens (tertiary/aromatic N) is 19. The number of aryl methyl sites for hydroxylation is 5. The molecule has 52 heteroatoms. The Bertz CT molecular complexity index is 6710. The van der Waals surface area contributed by atoms with Gasteiger partial charge in [0.05, 0.1) is 117 Å². The molecule has 5 aromatic heterocycles. The number of nitro groups is 3. The maximum atomic E-state index is 14.2. The number of rotatable bonds is 17. The number of cyclic esters (lactones) is 2. The van der Waals surface area contributed by atoms with Crippen LogP contribution in [0.3, 0.4) is 0 Å². The van der Waals surface area contributed by atoms with Crippen LogP contribution < -0.4 is 34.6 Å². The number of ether oxygens (including phenoxy) is 5. The van der Waals surface area contributed by atoms with Crippen LogP contribution in [-0.2, 0) is 72.0 Å². The summed E-state index contributed by atoms with van der Waals surface area (Å²) >= 11 is 0. The monoisotopic (exact) mass is 1930 g/mol. The number of benzene rings is 8. The molecule has 0 saturated heterocycles. The number of hydrogen-bond donors (Lipinski definition) is 2. The Kier molecular flexibility index (Phi) is 34.8. The van der Waals surface area contributed by atoms with Crippen molar-refractivity contribution in [3.8, 4) is 0 Å². The molecule has 2 N–H and O–H groups in total. The number of aromatic nitrogens is 15. The smallest absolute Gasteiger partial charge is 0.835 e. The molecular formula is C86H71ClF8LiN21O21. The summed E-state index contributed by atoms with van der Waals surface area (Å²) in [6, 6.07) is 24.2. The molecular weight excluding hydrogens is 1860 g/mol. The van der Waals surface area contributed by atoms with Crippen molar-refractivity contribution in [3.63, 3.8) is 0 Å². The standard InChI is InChI=1S/2C20H16F2N4O3.C13H11FN4O5.C12H7FN4O4.C8H4FNO4.C7H5FO.C6H11N4O.ClH.Li/c2*1-26-19(23-9-24-26)16-17(10-3-5-11(21)6-4-10)25-14-8-12(22)7-13(20(28)29-2)15(14)18(16)27;1-17-11(15-6-16-17)5-10(19)12-8(13(20)23-2)3-7(14)4-9(12)18(21)22;1-16-10(14-5-15-16)4-9-11-7(12(18)21-9)2-6(13)3-8(11)17(19)20;9-4-1-5-6(3-14-8(5)11)7(2-4)10(12)13;8-7-3-1-6(5-9)2-4-7;1-9(2)6(11)5-7-4-8-10(5)3;;/h2*3-9,16-17,25H,1-2H3;3-4,6H,5H2,1-2H3;2-5H,1H3;1-2H,3H2;1-5H;4,6H,1-3H3;1H;/q;;;;;;-1;;+1/b;;;9-4-;;;;;/t16-,17-;;;;;;;;/m1......../s1. The maximum Gasteiger partial charge on any atom is 1.00 e. The summed E-state index contributed by atoms with van der Waals surface area (Å²) in [5.41, 5.74) is -1.26. The van der Waals surface area contributed by atoms with Crippen molar-refractivity contribution in [3.05, 3.63) is 343 Å². The van der Waals surface area contributed by atoms with Crippen LogP contribution in [0, 0.1) is 76.9 Å². The van der Waals surface area contributed by atoms with Gasteiger partial charge in [-0.3, -0.25) is 68.2 Å². The Morgan fingerprint density at radius 2 is 0.906 bits per heavy atom. The zero-order valence-corrected chi connectivity index (χ0v) is 74.4. The molecule has 0 saturated carbocycles. The van der Waals surface area contributed by atoms with E-state index in [1.807, 2.05) is 0 Å². The summed E-state index contributed by atoms with van der Waals surface area (Å²) in [6.07, 6.45) is 7.24. The molecule has 13 aromatic rings.